The van der Waals surface area contributed by atoms with E-state index in [4.69, 9.17) is 27.9 Å². The second-order valence-corrected chi connectivity index (χ2v) is 8.78. The summed E-state index contributed by atoms with van der Waals surface area (Å²) in [5.41, 5.74) is 0. The molecule has 2 N–H and O–H groups in total. The topological polar surface area (TPSA) is 67.4 Å². The molecule has 0 bridgehead atoms. The molecule has 1 fully saturated rings. The molecule has 0 spiro atoms. The lowest BCUT2D eigenvalue weighted by Gasteiger charge is -2.22. The van der Waals surface area contributed by atoms with E-state index in [1.165, 1.54) is 6.07 Å². The molecule has 1 aliphatic rings. The summed E-state index contributed by atoms with van der Waals surface area (Å²) in [6.45, 7) is 2.83. The summed E-state index contributed by atoms with van der Waals surface area (Å²) in [7, 11) is -3.60. The molecule has 120 valence electrons. The van der Waals surface area contributed by atoms with E-state index < -0.39 is 10.0 Å². The molecule has 2 heterocycles. The van der Waals surface area contributed by atoms with Crippen LogP contribution in [0, 0.1) is 0 Å². The second-order valence-electron chi connectivity index (χ2n) is 4.76. The van der Waals surface area contributed by atoms with Crippen LogP contribution in [0.5, 0.6) is 0 Å². The monoisotopic (exact) mass is 372 g/mol. The molecule has 9 heteroatoms. The van der Waals surface area contributed by atoms with Gasteiger partial charge >= 0.3 is 0 Å². The molecule has 1 aromatic rings. The van der Waals surface area contributed by atoms with Gasteiger partial charge in [-0.2, -0.15) is 0 Å². The van der Waals surface area contributed by atoms with Gasteiger partial charge in [0.2, 0.25) is 10.0 Å². The summed E-state index contributed by atoms with van der Waals surface area (Å²) in [4.78, 5) is 0.0402. The smallest absolute Gasteiger partial charge is 0.242 e. The summed E-state index contributed by atoms with van der Waals surface area (Å²) < 4.78 is 32.8. The molecular weight excluding hydrogens is 355 g/mol. The van der Waals surface area contributed by atoms with Crippen LogP contribution in [0.2, 0.25) is 8.67 Å². The van der Waals surface area contributed by atoms with Crippen molar-refractivity contribution in [1.82, 2.24) is 10.0 Å². The van der Waals surface area contributed by atoms with Crippen LogP contribution in [-0.4, -0.2) is 40.8 Å². The standard InChI is InChI=1S/C12H18Cl2N2O3S2/c13-11-8-10(12(14)20-11)21(17,18)16-4-1-7-19-9-2-5-15-6-3-9/h8-9,15-16H,1-7H2. The molecule has 1 saturated heterocycles. The third kappa shape index (κ3) is 5.35. The van der Waals surface area contributed by atoms with Crippen LogP contribution >= 0.6 is 34.5 Å². The van der Waals surface area contributed by atoms with Crippen LogP contribution in [0.1, 0.15) is 19.3 Å². The lowest BCUT2D eigenvalue weighted by atomic mass is 10.1. The highest BCUT2D eigenvalue weighted by molar-refractivity contribution is 7.89. The molecule has 21 heavy (non-hydrogen) atoms. The van der Waals surface area contributed by atoms with Crippen LogP contribution in [0.15, 0.2) is 11.0 Å². The van der Waals surface area contributed by atoms with Crippen LogP contribution in [-0.2, 0) is 14.8 Å². The Bertz CT molecular complexity index is 557. The summed E-state index contributed by atoms with van der Waals surface area (Å²) in [5, 5.41) is 3.27. The van der Waals surface area contributed by atoms with Crippen LogP contribution < -0.4 is 10.0 Å². The molecule has 5 nitrogen and oxygen atoms in total. The van der Waals surface area contributed by atoms with Crippen molar-refractivity contribution in [2.45, 2.75) is 30.3 Å². The Balaban J connectivity index is 1.71. The molecule has 0 atom stereocenters. The maximum absolute atomic E-state index is 12.0. The number of rotatable bonds is 7. The molecule has 0 saturated carbocycles. The number of thiophene rings is 1. The molecule has 0 radical (unpaired) electrons. The predicted molar refractivity (Wildman–Crippen MR) is 86.0 cm³/mol. The Morgan fingerprint density at radius 1 is 1.38 bits per heavy atom. The van der Waals surface area contributed by atoms with Crippen LogP contribution in [0.25, 0.3) is 0 Å². The van der Waals surface area contributed by atoms with Gasteiger partial charge in [0.05, 0.1) is 10.4 Å². The summed E-state index contributed by atoms with van der Waals surface area (Å²) in [6, 6.07) is 1.36. The van der Waals surface area contributed by atoms with E-state index in [2.05, 4.69) is 10.0 Å². The Morgan fingerprint density at radius 2 is 2.10 bits per heavy atom. The number of sulfonamides is 1. The van der Waals surface area contributed by atoms with Crippen molar-refractivity contribution in [2.75, 3.05) is 26.2 Å². The van der Waals surface area contributed by atoms with Crippen molar-refractivity contribution in [2.24, 2.45) is 0 Å². The van der Waals surface area contributed by atoms with Gasteiger partial charge in [-0.15, -0.1) is 11.3 Å². The highest BCUT2D eigenvalue weighted by Crippen LogP contribution is 2.33. The van der Waals surface area contributed by atoms with Crippen molar-refractivity contribution in [3.8, 4) is 0 Å². The first-order valence-electron chi connectivity index (χ1n) is 6.76. The highest BCUT2D eigenvalue weighted by atomic mass is 35.5. The molecule has 0 amide bonds. The largest absolute Gasteiger partial charge is 0.378 e. The van der Waals surface area contributed by atoms with Crippen LogP contribution in [0.3, 0.4) is 0 Å². The van der Waals surface area contributed by atoms with Crippen molar-refractivity contribution < 1.29 is 13.2 Å². The molecule has 1 aliphatic heterocycles. The zero-order valence-corrected chi connectivity index (χ0v) is 14.5. The van der Waals surface area contributed by atoms with Crippen LogP contribution in [0.4, 0.5) is 0 Å². The number of hydrogen-bond acceptors (Lipinski definition) is 5. The first-order chi connectivity index (χ1) is 9.99. The van der Waals surface area contributed by atoms with Gasteiger partial charge in [0.15, 0.2) is 0 Å². The second kappa shape index (κ2) is 8.10. The number of halogens is 2. The van der Waals surface area contributed by atoms with E-state index >= 15 is 0 Å². The lowest BCUT2D eigenvalue weighted by molar-refractivity contribution is 0.0322. The van der Waals surface area contributed by atoms with Crippen molar-refractivity contribution in [3.05, 3.63) is 14.7 Å². The van der Waals surface area contributed by atoms with E-state index in [9.17, 15) is 8.42 Å². The van der Waals surface area contributed by atoms with E-state index in [1.807, 2.05) is 0 Å². The van der Waals surface area contributed by atoms with Gasteiger partial charge in [-0.1, -0.05) is 23.2 Å². The zero-order chi connectivity index (χ0) is 15.3. The van der Waals surface area contributed by atoms with Gasteiger partial charge in [-0.05, 0) is 38.4 Å². The molecule has 1 aromatic heterocycles. The fourth-order valence-corrected chi connectivity index (χ4v) is 5.30. The fraction of sp³-hybridized carbons (Fsp3) is 0.667. The average Bonchev–Trinajstić information content (AvgIpc) is 2.79. The number of piperidine rings is 1. The van der Waals surface area contributed by atoms with Gasteiger partial charge in [0.25, 0.3) is 0 Å². The minimum absolute atomic E-state index is 0.0402. The quantitative estimate of drug-likeness (QED) is 0.721. The van der Waals surface area contributed by atoms with Gasteiger partial charge in [0, 0.05) is 13.2 Å². The molecule has 2 rings (SSSR count). The highest BCUT2D eigenvalue weighted by Gasteiger charge is 2.20. The van der Waals surface area contributed by atoms with E-state index in [0.29, 0.717) is 23.9 Å². The Labute approximate surface area is 139 Å². The van der Waals surface area contributed by atoms with Gasteiger partial charge in [0.1, 0.15) is 9.23 Å². The summed E-state index contributed by atoms with van der Waals surface area (Å²) in [6.07, 6.45) is 2.93. The number of nitrogens with one attached hydrogen (secondary N) is 2. The Hall–Kier alpha value is 0.110. The predicted octanol–water partition coefficient (Wildman–Crippen LogP) is 2.49. The van der Waals surface area contributed by atoms with E-state index in [1.54, 1.807) is 0 Å². The third-order valence-electron chi connectivity index (χ3n) is 3.17. The molecule has 0 aliphatic carbocycles. The van der Waals surface area contributed by atoms with Crippen molar-refractivity contribution in [3.63, 3.8) is 0 Å². The Morgan fingerprint density at radius 3 is 2.71 bits per heavy atom. The first-order valence-corrected chi connectivity index (χ1v) is 9.81. The zero-order valence-electron chi connectivity index (χ0n) is 11.4. The van der Waals surface area contributed by atoms with Crippen molar-refractivity contribution >= 4 is 44.6 Å². The normalized spacial score (nSPS) is 17.2. The maximum atomic E-state index is 12.0. The minimum Gasteiger partial charge on any atom is -0.378 e. The summed E-state index contributed by atoms with van der Waals surface area (Å²) in [5.74, 6) is 0. The maximum Gasteiger partial charge on any atom is 0.242 e. The SMILES string of the molecule is O=S(=O)(NCCCOC1CCNCC1)c1cc(Cl)sc1Cl. The molecule has 0 aromatic carbocycles. The first kappa shape index (κ1) is 17.5. The minimum atomic E-state index is -3.60. The van der Waals surface area contributed by atoms with Gasteiger partial charge in [-0.25, -0.2) is 13.1 Å². The third-order valence-corrected chi connectivity index (χ3v) is 6.38. The fourth-order valence-electron chi connectivity index (χ4n) is 2.08. The van der Waals surface area contributed by atoms with Gasteiger partial charge < -0.3 is 10.1 Å². The summed E-state index contributed by atoms with van der Waals surface area (Å²) >= 11 is 12.7. The number of hydrogen-bond donors (Lipinski definition) is 2. The Kier molecular flexibility index (Phi) is 6.74. The van der Waals surface area contributed by atoms with Gasteiger partial charge in [-0.3, -0.25) is 0 Å². The van der Waals surface area contributed by atoms with E-state index in [-0.39, 0.29) is 15.3 Å². The molecule has 0 unspecified atom stereocenters. The average molecular weight is 373 g/mol. The van der Waals surface area contributed by atoms with E-state index in [0.717, 1.165) is 37.3 Å². The lowest BCUT2D eigenvalue weighted by Crippen LogP contribution is -2.33. The van der Waals surface area contributed by atoms with Crippen molar-refractivity contribution in [1.29, 1.82) is 0 Å². The molecular formula is C12H18Cl2N2O3S2. The number of ether oxygens (including phenoxy) is 1.